The lowest BCUT2D eigenvalue weighted by atomic mass is 9.95. The third kappa shape index (κ3) is 4.66. The smallest absolute Gasteiger partial charge is 0.239 e. The lowest BCUT2D eigenvalue weighted by Gasteiger charge is -2.29. The average molecular weight is 555 g/mol. The number of hydrogen-bond acceptors (Lipinski definition) is 6. The molecule has 0 spiro atoms. The zero-order chi connectivity index (χ0) is 25.2. The first kappa shape index (κ1) is 24.5. The molecule has 3 aromatic rings. The highest BCUT2D eigenvalue weighted by molar-refractivity contribution is 9.10. The van der Waals surface area contributed by atoms with Gasteiger partial charge in [0.1, 0.15) is 13.1 Å². The van der Waals surface area contributed by atoms with E-state index in [0.29, 0.717) is 35.2 Å². The number of nitrogens with zero attached hydrogens (tertiary/aromatic N) is 1. The minimum Gasteiger partial charge on any atom is -0.868 e. The van der Waals surface area contributed by atoms with Gasteiger partial charge in [0.15, 0.2) is 17.1 Å². The van der Waals surface area contributed by atoms with Crippen LogP contribution in [0.5, 0.6) is 5.75 Å². The van der Waals surface area contributed by atoms with Gasteiger partial charge in [0.2, 0.25) is 11.7 Å². The summed E-state index contributed by atoms with van der Waals surface area (Å²) in [5.74, 6) is -1.52. The number of nitrogens with one attached hydrogen (secondary N) is 1. The quantitative estimate of drug-likeness (QED) is 0.427. The second kappa shape index (κ2) is 10.5. The minimum absolute atomic E-state index is 0.00683. The van der Waals surface area contributed by atoms with Crippen molar-refractivity contribution in [3.05, 3.63) is 75.7 Å². The summed E-state index contributed by atoms with van der Waals surface area (Å²) in [4.78, 5) is 29.8. The normalized spacial score (nSPS) is 18.9. The van der Waals surface area contributed by atoms with Crippen LogP contribution in [0.2, 0.25) is 0 Å². The van der Waals surface area contributed by atoms with E-state index in [4.69, 9.17) is 13.9 Å². The van der Waals surface area contributed by atoms with Gasteiger partial charge in [-0.2, -0.15) is 0 Å². The molecule has 36 heavy (non-hydrogen) atoms. The first-order valence-electron chi connectivity index (χ1n) is 12.0. The number of benzene rings is 2. The fraction of sp³-hybridized carbons (Fsp3) is 0.333. The molecule has 3 heterocycles. The molecule has 9 heteroatoms. The fourth-order valence-electron chi connectivity index (χ4n) is 4.94. The Bertz CT molecular complexity index is 1310. The number of ketones is 1. The van der Waals surface area contributed by atoms with Crippen LogP contribution in [-0.4, -0.2) is 63.1 Å². The van der Waals surface area contributed by atoms with Crippen LogP contribution in [0.25, 0.3) is 11.0 Å². The van der Waals surface area contributed by atoms with E-state index < -0.39 is 23.5 Å². The first-order chi connectivity index (χ1) is 17.5. The number of quaternary nitrogens is 1. The predicted molar refractivity (Wildman–Crippen MR) is 134 cm³/mol. The monoisotopic (exact) mass is 554 g/mol. The molecule has 2 aliphatic rings. The number of amides is 1. The molecule has 1 N–H and O–H groups in total. The van der Waals surface area contributed by atoms with Crippen LogP contribution in [0.1, 0.15) is 28.6 Å². The van der Waals surface area contributed by atoms with Crippen molar-refractivity contribution >= 4 is 38.6 Å². The fourth-order valence-corrected chi connectivity index (χ4v) is 5.21. The Labute approximate surface area is 217 Å². The summed E-state index contributed by atoms with van der Waals surface area (Å²) in [6, 6.07) is 13.5. The van der Waals surface area contributed by atoms with Gasteiger partial charge in [-0.05, 0) is 35.6 Å². The molecule has 0 radical (unpaired) electrons. The van der Waals surface area contributed by atoms with Crippen molar-refractivity contribution in [2.24, 2.45) is 0 Å². The molecule has 1 unspecified atom stereocenters. The topological polar surface area (TPSA) is 96.5 Å². The van der Waals surface area contributed by atoms with Crippen LogP contribution in [0.4, 0.5) is 0 Å². The number of morpholine rings is 1. The number of carbonyl (C=O) groups excluding carboxylic acids is 2. The Balaban J connectivity index is 1.46. The van der Waals surface area contributed by atoms with Gasteiger partial charge in [-0.15, -0.1) is 0 Å². The number of fused-ring (bicyclic) bond motifs is 1. The molecule has 1 atom stereocenters. The second-order valence-electron chi connectivity index (χ2n) is 8.98. The number of furan rings is 1. The maximum atomic E-state index is 13.7. The van der Waals surface area contributed by atoms with Crippen molar-refractivity contribution in [2.75, 3.05) is 46.5 Å². The number of halogens is 1. The zero-order valence-corrected chi connectivity index (χ0v) is 21.5. The summed E-state index contributed by atoms with van der Waals surface area (Å²) in [7, 11) is 1.52. The molecule has 2 aliphatic heterocycles. The number of Topliss-reactive ketones (excluding diaryl/α,β-unsaturated/α-hetero) is 1. The molecular formula is C27H27BrN2O6. The van der Waals surface area contributed by atoms with Gasteiger partial charge in [0.05, 0.1) is 32.9 Å². The minimum atomic E-state index is -0.779. The van der Waals surface area contributed by atoms with E-state index in [-0.39, 0.29) is 11.3 Å². The maximum absolute atomic E-state index is 13.7. The number of methoxy groups -OCH3 is 1. The molecule has 2 aromatic carbocycles. The highest BCUT2D eigenvalue weighted by atomic mass is 79.9. The third-order valence-electron chi connectivity index (χ3n) is 6.80. The van der Waals surface area contributed by atoms with Gasteiger partial charge in [-0.3, -0.25) is 9.59 Å². The van der Waals surface area contributed by atoms with E-state index in [9.17, 15) is 14.7 Å². The van der Waals surface area contributed by atoms with E-state index in [1.807, 2.05) is 24.3 Å². The highest BCUT2D eigenvalue weighted by Crippen LogP contribution is 2.39. The van der Waals surface area contributed by atoms with Crippen LogP contribution in [-0.2, 0) is 9.53 Å². The Hall–Kier alpha value is -3.14. The molecule has 1 amide bonds. The second-order valence-corrected chi connectivity index (χ2v) is 9.90. The summed E-state index contributed by atoms with van der Waals surface area (Å²) < 4.78 is 17.5. The molecule has 0 saturated carbocycles. The van der Waals surface area contributed by atoms with E-state index in [0.717, 1.165) is 37.3 Å². The van der Waals surface area contributed by atoms with Crippen molar-refractivity contribution in [3.63, 3.8) is 0 Å². The number of carbonyl (C=O) groups is 2. The average Bonchev–Trinajstić information content (AvgIpc) is 3.44. The van der Waals surface area contributed by atoms with E-state index in [1.54, 1.807) is 24.3 Å². The number of para-hydroxylation sites is 1. The molecule has 5 rings (SSSR count). The summed E-state index contributed by atoms with van der Waals surface area (Å²) in [5.41, 5.74) is 1.04. The van der Waals surface area contributed by atoms with Gasteiger partial charge in [0, 0.05) is 28.4 Å². The van der Waals surface area contributed by atoms with E-state index in [2.05, 4.69) is 15.9 Å². The van der Waals surface area contributed by atoms with Gasteiger partial charge >= 0.3 is 0 Å². The molecule has 1 fully saturated rings. The Morgan fingerprint density at radius 3 is 2.67 bits per heavy atom. The SMILES string of the molecule is COc1cccc2cc(C(=O)C3=C([O-])C(=O)N(CCC[NH+]4CCOCC4)C3c3ccc(Br)cc3)oc12. The summed E-state index contributed by atoms with van der Waals surface area (Å²) in [6.07, 6.45) is 0.713. The lowest BCUT2D eigenvalue weighted by molar-refractivity contribution is -0.908. The summed E-state index contributed by atoms with van der Waals surface area (Å²) >= 11 is 3.43. The lowest BCUT2D eigenvalue weighted by Crippen LogP contribution is -3.14. The highest BCUT2D eigenvalue weighted by Gasteiger charge is 2.40. The van der Waals surface area contributed by atoms with Crippen molar-refractivity contribution in [3.8, 4) is 5.75 Å². The Kier molecular flexibility index (Phi) is 7.13. The van der Waals surface area contributed by atoms with Gasteiger partial charge in [-0.25, -0.2) is 0 Å². The molecular weight excluding hydrogens is 528 g/mol. The van der Waals surface area contributed by atoms with Crippen LogP contribution < -0.4 is 14.7 Å². The van der Waals surface area contributed by atoms with Crippen LogP contribution in [0.15, 0.2) is 68.8 Å². The largest absolute Gasteiger partial charge is 0.868 e. The first-order valence-corrected chi connectivity index (χ1v) is 12.8. The van der Waals surface area contributed by atoms with Crippen molar-refractivity contribution in [1.82, 2.24) is 4.90 Å². The Morgan fingerprint density at radius 2 is 1.94 bits per heavy atom. The standard InChI is InChI=1S/C27H27BrN2O6/c1-34-20-5-2-4-18-16-21(36-26(18)20)24(31)22-23(17-6-8-19(28)9-7-17)30(27(33)25(22)32)11-3-10-29-12-14-35-15-13-29/h2,4-9,16,23,32H,3,10-15H2,1H3. The van der Waals surface area contributed by atoms with E-state index in [1.165, 1.54) is 16.9 Å². The van der Waals surface area contributed by atoms with E-state index >= 15 is 0 Å². The zero-order valence-electron chi connectivity index (χ0n) is 19.9. The van der Waals surface area contributed by atoms with Gasteiger partial charge in [-0.1, -0.05) is 40.2 Å². The molecule has 188 valence electrons. The Morgan fingerprint density at radius 1 is 1.19 bits per heavy atom. The molecule has 0 bridgehead atoms. The van der Waals surface area contributed by atoms with Crippen LogP contribution in [0, 0.1) is 0 Å². The number of rotatable bonds is 8. The molecule has 8 nitrogen and oxygen atoms in total. The van der Waals surface area contributed by atoms with Crippen molar-refractivity contribution in [1.29, 1.82) is 0 Å². The van der Waals surface area contributed by atoms with Gasteiger partial charge < -0.3 is 28.8 Å². The van der Waals surface area contributed by atoms with Gasteiger partial charge in [0.25, 0.3) is 0 Å². The third-order valence-corrected chi connectivity index (χ3v) is 7.32. The predicted octanol–water partition coefficient (Wildman–Crippen LogP) is 1.89. The van der Waals surface area contributed by atoms with Crippen LogP contribution in [0.3, 0.4) is 0 Å². The molecule has 1 saturated heterocycles. The van der Waals surface area contributed by atoms with Crippen LogP contribution >= 0.6 is 15.9 Å². The van der Waals surface area contributed by atoms with Crippen molar-refractivity contribution < 1.29 is 33.5 Å². The molecule has 1 aromatic heterocycles. The molecule has 0 aliphatic carbocycles. The van der Waals surface area contributed by atoms with Crippen molar-refractivity contribution in [2.45, 2.75) is 12.5 Å². The number of hydrogen-bond donors (Lipinski definition) is 1. The summed E-state index contributed by atoms with van der Waals surface area (Å²) in [6.45, 7) is 4.55. The summed E-state index contributed by atoms with van der Waals surface area (Å²) in [5, 5.41) is 13.9. The number of ether oxygens (including phenoxy) is 2. The maximum Gasteiger partial charge on any atom is 0.239 e.